The van der Waals surface area contributed by atoms with Crippen molar-refractivity contribution in [1.29, 1.82) is 0 Å². The van der Waals surface area contributed by atoms with Gasteiger partial charge in [-0.05, 0) is 32.0 Å². The van der Waals surface area contributed by atoms with Crippen molar-refractivity contribution < 1.29 is 14.3 Å². The first-order valence-electron chi connectivity index (χ1n) is 8.47. The summed E-state index contributed by atoms with van der Waals surface area (Å²) in [6, 6.07) is 7.35. The summed E-state index contributed by atoms with van der Waals surface area (Å²) in [7, 11) is 1.54. The Kier molecular flexibility index (Phi) is 5.43. The third kappa shape index (κ3) is 4.14. The molecule has 1 aliphatic heterocycles. The first kappa shape index (κ1) is 18.2. The van der Waals surface area contributed by atoms with Gasteiger partial charge in [0.15, 0.2) is 0 Å². The smallest absolute Gasteiger partial charge is 0.254 e. The molecule has 1 fully saturated rings. The largest absolute Gasteiger partial charge is 0.369 e. The average molecular weight is 357 g/mol. The van der Waals surface area contributed by atoms with Crippen molar-refractivity contribution in [2.45, 2.75) is 25.6 Å². The van der Waals surface area contributed by atoms with Gasteiger partial charge in [-0.1, -0.05) is 6.07 Å². The zero-order chi connectivity index (χ0) is 18.6. The van der Waals surface area contributed by atoms with Crippen LogP contribution in [0.4, 0.5) is 11.8 Å². The molecule has 0 spiro atoms. The Morgan fingerprint density at radius 2 is 2.08 bits per heavy atom. The van der Waals surface area contributed by atoms with Crippen molar-refractivity contribution in [2.75, 3.05) is 32.1 Å². The van der Waals surface area contributed by atoms with Crippen molar-refractivity contribution in [1.82, 2.24) is 19.9 Å². The van der Waals surface area contributed by atoms with Crippen LogP contribution in [0, 0.1) is 0 Å². The van der Waals surface area contributed by atoms with Gasteiger partial charge in [0.25, 0.3) is 5.91 Å². The summed E-state index contributed by atoms with van der Waals surface area (Å²) in [5.74, 6) is 1.04. The minimum atomic E-state index is -0.858. The average Bonchev–Trinajstić information content (AvgIpc) is 2.68. The first-order valence-corrected chi connectivity index (χ1v) is 8.47. The van der Waals surface area contributed by atoms with Crippen LogP contribution in [0.15, 0.2) is 36.7 Å². The normalized spacial score (nSPS) is 17.8. The lowest BCUT2D eigenvalue weighted by molar-refractivity contribution is -0.158. The number of anilines is 2. The molecule has 0 aliphatic carbocycles. The fourth-order valence-electron chi connectivity index (χ4n) is 2.66. The second-order valence-corrected chi connectivity index (χ2v) is 6.47. The molecule has 0 radical (unpaired) electrons. The molecule has 1 aliphatic rings. The number of nitrogens with zero attached hydrogens (tertiary/aromatic N) is 4. The Morgan fingerprint density at radius 3 is 2.81 bits per heavy atom. The minimum Gasteiger partial charge on any atom is -0.369 e. The van der Waals surface area contributed by atoms with E-state index in [4.69, 9.17) is 9.47 Å². The number of rotatable bonds is 5. The molecule has 2 aromatic rings. The van der Waals surface area contributed by atoms with Gasteiger partial charge in [-0.25, -0.2) is 15.0 Å². The predicted octanol–water partition coefficient (Wildman–Crippen LogP) is 1.94. The first-order chi connectivity index (χ1) is 12.5. The van der Waals surface area contributed by atoms with Gasteiger partial charge in [0.2, 0.25) is 5.95 Å². The molecule has 1 saturated heterocycles. The highest BCUT2D eigenvalue weighted by Gasteiger charge is 2.35. The number of pyridine rings is 1. The van der Waals surface area contributed by atoms with Gasteiger partial charge in [0, 0.05) is 26.0 Å². The third-order valence-corrected chi connectivity index (χ3v) is 4.29. The van der Waals surface area contributed by atoms with E-state index in [0.717, 1.165) is 5.69 Å². The fourth-order valence-corrected chi connectivity index (χ4v) is 2.66. The number of amides is 1. The summed E-state index contributed by atoms with van der Waals surface area (Å²) in [6.07, 6.45) is 3.02. The molecule has 26 heavy (non-hydrogen) atoms. The number of nitrogens with one attached hydrogen (secondary N) is 1. The lowest BCUT2D eigenvalue weighted by Gasteiger charge is -2.36. The zero-order valence-electron chi connectivity index (χ0n) is 15.2. The molecule has 0 aromatic carbocycles. The van der Waals surface area contributed by atoms with Crippen LogP contribution in [0.1, 0.15) is 25.6 Å². The van der Waals surface area contributed by atoms with E-state index in [0.29, 0.717) is 31.5 Å². The van der Waals surface area contributed by atoms with Gasteiger partial charge in [0.05, 0.1) is 18.8 Å². The zero-order valence-corrected chi connectivity index (χ0v) is 15.2. The Balaban J connectivity index is 1.72. The molecule has 2 aromatic heterocycles. The van der Waals surface area contributed by atoms with Crippen LogP contribution < -0.4 is 5.32 Å². The standard InChI is InChI=1S/C18H23N5O3/c1-18(2,25-3)16(24)23-10-11-26-14(12-23)13-6-4-7-15(21-13)22-17-19-8-5-9-20-17/h4-9,14H,10-12H2,1-3H3,(H,19,20,21,22)/t14-/m0/s1. The van der Waals surface area contributed by atoms with Gasteiger partial charge < -0.3 is 19.7 Å². The molecule has 0 bridgehead atoms. The number of carbonyl (C=O) groups excluding carboxylic acids is 1. The number of hydrogen-bond donors (Lipinski definition) is 1. The van der Waals surface area contributed by atoms with E-state index >= 15 is 0 Å². The fraction of sp³-hybridized carbons (Fsp3) is 0.444. The highest BCUT2D eigenvalue weighted by Crippen LogP contribution is 2.24. The van der Waals surface area contributed by atoms with Crippen LogP contribution in [-0.2, 0) is 14.3 Å². The molecule has 3 heterocycles. The van der Waals surface area contributed by atoms with E-state index in [1.165, 1.54) is 7.11 Å². The van der Waals surface area contributed by atoms with Gasteiger partial charge >= 0.3 is 0 Å². The Bertz CT molecular complexity index is 754. The number of morpholine rings is 1. The third-order valence-electron chi connectivity index (χ3n) is 4.29. The van der Waals surface area contributed by atoms with Crippen molar-refractivity contribution in [3.63, 3.8) is 0 Å². The highest BCUT2D eigenvalue weighted by molar-refractivity contribution is 5.84. The van der Waals surface area contributed by atoms with Crippen molar-refractivity contribution in [3.8, 4) is 0 Å². The molecular weight excluding hydrogens is 334 g/mol. The van der Waals surface area contributed by atoms with E-state index < -0.39 is 5.60 Å². The lowest BCUT2D eigenvalue weighted by atomic mass is 10.1. The molecule has 0 saturated carbocycles. The van der Waals surface area contributed by atoms with Crippen LogP contribution in [0.25, 0.3) is 0 Å². The molecule has 1 N–H and O–H groups in total. The summed E-state index contributed by atoms with van der Waals surface area (Å²) in [6.45, 7) is 4.96. The molecular formula is C18H23N5O3. The van der Waals surface area contributed by atoms with Gasteiger partial charge in [-0.2, -0.15) is 0 Å². The van der Waals surface area contributed by atoms with Gasteiger partial charge in [0.1, 0.15) is 17.5 Å². The van der Waals surface area contributed by atoms with Crippen LogP contribution in [0.5, 0.6) is 0 Å². The summed E-state index contributed by atoms with van der Waals surface area (Å²) in [5, 5.41) is 3.06. The summed E-state index contributed by atoms with van der Waals surface area (Å²) < 4.78 is 11.1. The Hall–Kier alpha value is -2.58. The topological polar surface area (TPSA) is 89.5 Å². The molecule has 3 rings (SSSR count). The molecule has 8 nitrogen and oxygen atoms in total. The van der Waals surface area contributed by atoms with E-state index in [-0.39, 0.29) is 12.0 Å². The maximum atomic E-state index is 12.6. The van der Waals surface area contributed by atoms with Crippen molar-refractivity contribution in [3.05, 3.63) is 42.4 Å². The SMILES string of the molecule is COC(C)(C)C(=O)N1CCO[C@H](c2cccc(Nc3ncccn3)n2)C1. The van der Waals surface area contributed by atoms with Crippen LogP contribution in [-0.4, -0.2) is 58.2 Å². The molecule has 0 unspecified atom stereocenters. The number of carbonyl (C=O) groups is 1. The number of aromatic nitrogens is 3. The van der Waals surface area contributed by atoms with E-state index in [1.54, 1.807) is 37.2 Å². The van der Waals surface area contributed by atoms with E-state index in [9.17, 15) is 4.79 Å². The summed E-state index contributed by atoms with van der Waals surface area (Å²) >= 11 is 0. The number of methoxy groups -OCH3 is 1. The maximum Gasteiger partial charge on any atom is 0.254 e. The second kappa shape index (κ2) is 7.76. The molecule has 8 heteroatoms. The summed E-state index contributed by atoms with van der Waals surface area (Å²) in [4.78, 5) is 27.2. The van der Waals surface area contributed by atoms with Crippen LogP contribution >= 0.6 is 0 Å². The number of hydrogen-bond acceptors (Lipinski definition) is 7. The summed E-state index contributed by atoms with van der Waals surface area (Å²) in [5.41, 5.74) is -0.109. The second-order valence-electron chi connectivity index (χ2n) is 6.47. The monoisotopic (exact) mass is 357 g/mol. The van der Waals surface area contributed by atoms with Crippen LogP contribution in [0.3, 0.4) is 0 Å². The number of ether oxygens (including phenoxy) is 2. The molecule has 1 amide bonds. The quantitative estimate of drug-likeness (QED) is 0.874. The maximum absolute atomic E-state index is 12.6. The molecule has 138 valence electrons. The van der Waals surface area contributed by atoms with Crippen LogP contribution in [0.2, 0.25) is 0 Å². The van der Waals surface area contributed by atoms with E-state index in [2.05, 4.69) is 20.3 Å². The van der Waals surface area contributed by atoms with Crippen molar-refractivity contribution in [2.24, 2.45) is 0 Å². The van der Waals surface area contributed by atoms with Gasteiger partial charge in [-0.15, -0.1) is 0 Å². The van der Waals surface area contributed by atoms with Crippen molar-refractivity contribution >= 4 is 17.7 Å². The minimum absolute atomic E-state index is 0.0553. The van der Waals surface area contributed by atoms with E-state index in [1.807, 2.05) is 18.2 Å². The van der Waals surface area contributed by atoms with Gasteiger partial charge in [-0.3, -0.25) is 4.79 Å². The predicted molar refractivity (Wildman–Crippen MR) is 95.9 cm³/mol. The highest BCUT2D eigenvalue weighted by atomic mass is 16.5. The Morgan fingerprint density at radius 1 is 1.31 bits per heavy atom. The molecule has 1 atom stereocenters. The Labute approximate surface area is 152 Å². The lowest BCUT2D eigenvalue weighted by Crippen LogP contribution is -2.51.